The highest BCUT2D eigenvalue weighted by Gasteiger charge is 2.19. The Morgan fingerprint density at radius 1 is 1.37 bits per heavy atom. The van der Waals surface area contributed by atoms with E-state index in [-0.39, 0.29) is 0 Å². The van der Waals surface area contributed by atoms with Gasteiger partial charge in [-0.15, -0.1) is 0 Å². The van der Waals surface area contributed by atoms with Crippen LogP contribution in [0.25, 0.3) is 0 Å². The van der Waals surface area contributed by atoms with Gasteiger partial charge in [0.05, 0.1) is 0 Å². The summed E-state index contributed by atoms with van der Waals surface area (Å²) >= 11 is 3.62. The molecule has 106 valence electrons. The summed E-state index contributed by atoms with van der Waals surface area (Å²) < 4.78 is 1.21. The molecule has 1 atom stereocenters. The highest BCUT2D eigenvalue weighted by molar-refractivity contribution is 9.10. The highest BCUT2D eigenvalue weighted by atomic mass is 79.9. The molecular weight excluding hydrogens is 300 g/mol. The molecular formula is C16H25BrN2. The SMILES string of the molecule is CC(CCCNC1CC1)N(C)Cc1ccccc1Br. The molecule has 0 radical (unpaired) electrons. The summed E-state index contributed by atoms with van der Waals surface area (Å²) in [5.74, 6) is 0. The molecule has 2 nitrogen and oxygen atoms in total. The molecule has 3 heteroatoms. The molecule has 1 N–H and O–H groups in total. The smallest absolute Gasteiger partial charge is 0.0244 e. The van der Waals surface area contributed by atoms with Crippen molar-refractivity contribution in [2.24, 2.45) is 0 Å². The molecule has 2 rings (SSSR count). The summed E-state index contributed by atoms with van der Waals surface area (Å²) in [5, 5.41) is 3.58. The number of nitrogens with one attached hydrogen (secondary N) is 1. The lowest BCUT2D eigenvalue weighted by Gasteiger charge is -2.25. The second kappa shape index (κ2) is 7.41. The Morgan fingerprint density at radius 2 is 2.11 bits per heavy atom. The van der Waals surface area contributed by atoms with Crippen LogP contribution < -0.4 is 5.32 Å². The molecule has 19 heavy (non-hydrogen) atoms. The van der Waals surface area contributed by atoms with Crippen molar-refractivity contribution in [3.63, 3.8) is 0 Å². The van der Waals surface area contributed by atoms with E-state index < -0.39 is 0 Å². The van der Waals surface area contributed by atoms with E-state index in [4.69, 9.17) is 0 Å². The largest absolute Gasteiger partial charge is 0.314 e. The van der Waals surface area contributed by atoms with Gasteiger partial charge in [0, 0.05) is 23.1 Å². The van der Waals surface area contributed by atoms with Crippen molar-refractivity contribution in [3.8, 4) is 0 Å². The van der Waals surface area contributed by atoms with Gasteiger partial charge in [0.25, 0.3) is 0 Å². The fraction of sp³-hybridized carbons (Fsp3) is 0.625. The summed E-state index contributed by atoms with van der Waals surface area (Å²) in [5.41, 5.74) is 1.37. The zero-order chi connectivity index (χ0) is 13.7. The molecule has 0 aliphatic heterocycles. The first-order valence-corrected chi connectivity index (χ1v) is 8.13. The maximum absolute atomic E-state index is 3.62. The zero-order valence-corrected chi connectivity index (χ0v) is 13.6. The lowest BCUT2D eigenvalue weighted by molar-refractivity contribution is 0.234. The molecule has 0 saturated heterocycles. The molecule has 1 aromatic rings. The van der Waals surface area contributed by atoms with Crippen molar-refractivity contribution in [1.82, 2.24) is 10.2 Å². The van der Waals surface area contributed by atoms with Crippen molar-refractivity contribution in [2.75, 3.05) is 13.6 Å². The van der Waals surface area contributed by atoms with E-state index in [1.54, 1.807) is 0 Å². The Bertz CT molecular complexity index is 390. The highest BCUT2D eigenvalue weighted by Crippen LogP contribution is 2.20. The van der Waals surface area contributed by atoms with Gasteiger partial charge in [-0.25, -0.2) is 0 Å². The normalized spacial score (nSPS) is 16.8. The Morgan fingerprint density at radius 3 is 2.79 bits per heavy atom. The average Bonchev–Trinajstić information content (AvgIpc) is 3.21. The minimum Gasteiger partial charge on any atom is -0.314 e. The summed E-state index contributed by atoms with van der Waals surface area (Å²) in [7, 11) is 2.22. The lowest BCUT2D eigenvalue weighted by Crippen LogP contribution is -2.29. The minimum absolute atomic E-state index is 0.633. The first kappa shape index (κ1) is 15.0. The summed E-state index contributed by atoms with van der Waals surface area (Å²) in [6, 6.07) is 9.97. The maximum Gasteiger partial charge on any atom is 0.0244 e. The van der Waals surface area contributed by atoms with Gasteiger partial charge in [-0.3, -0.25) is 4.90 Å². The Kier molecular flexibility index (Phi) is 5.86. The number of halogens is 1. The van der Waals surface area contributed by atoms with Gasteiger partial charge in [0.1, 0.15) is 0 Å². The minimum atomic E-state index is 0.633. The van der Waals surface area contributed by atoms with E-state index in [9.17, 15) is 0 Å². The van der Waals surface area contributed by atoms with Gasteiger partial charge >= 0.3 is 0 Å². The first-order chi connectivity index (χ1) is 9.16. The van der Waals surface area contributed by atoms with Gasteiger partial charge in [-0.1, -0.05) is 34.1 Å². The van der Waals surface area contributed by atoms with Gasteiger partial charge in [-0.2, -0.15) is 0 Å². The van der Waals surface area contributed by atoms with Gasteiger partial charge in [0.15, 0.2) is 0 Å². The Labute approximate surface area is 125 Å². The van der Waals surface area contributed by atoms with E-state index in [1.807, 2.05) is 0 Å². The third kappa shape index (κ3) is 5.25. The predicted octanol–water partition coefficient (Wildman–Crippen LogP) is 3.80. The molecule has 1 fully saturated rings. The number of hydrogen-bond acceptors (Lipinski definition) is 2. The van der Waals surface area contributed by atoms with Gasteiger partial charge in [0.2, 0.25) is 0 Å². The predicted molar refractivity (Wildman–Crippen MR) is 85.3 cm³/mol. The van der Waals surface area contributed by atoms with Crippen molar-refractivity contribution in [1.29, 1.82) is 0 Å². The van der Waals surface area contributed by atoms with E-state index in [0.29, 0.717) is 6.04 Å². The van der Waals surface area contributed by atoms with Crippen LogP contribution in [0.3, 0.4) is 0 Å². The van der Waals surface area contributed by atoms with Crippen LogP contribution in [0.2, 0.25) is 0 Å². The molecule has 1 aliphatic rings. The fourth-order valence-corrected chi connectivity index (χ4v) is 2.67. The van der Waals surface area contributed by atoms with Crippen molar-refractivity contribution in [3.05, 3.63) is 34.3 Å². The number of rotatable bonds is 8. The van der Waals surface area contributed by atoms with Gasteiger partial charge in [-0.05, 0) is 57.8 Å². The topological polar surface area (TPSA) is 15.3 Å². The third-order valence-electron chi connectivity index (χ3n) is 3.94. The second-order valence-electron chi connectivity index (χ2n) is 5.73. The molecule has 1 unspecified atom stereocenters. The van der Waals surface area contributed by atoms with E-state index in [2.05, 4.69) is 64.4 Å². The Balaban J connectivity index is 1.69. The molecule has 1 aliphatic carbocycles. The number of hydrogen-bond donors (Lipinski definition) is 1. The number of benzene rings is 1. The van der Waals surface area contributed by atoms with Gasteiger partial charge < -0.3 is 5.32 Å². The summed E-state index contributed by atoms with van der Waals surface area (Å²) in [4.78, 5) is 2.44. The Hall–Kier alpha value is -0.380. The second-order valence-corrected chi connectivity index (χ2v) is 6.58. The monoisotopic (exact) mass is 324 g/mol. The summed E-state index contributed by atoms with van der Waals surface area (Å²) in [6.07, 6.45) is 5.31. The number of nitrogens with zero attached hydrogens (tertiary/aromatic N) is 1. The van der Waals surface area contributed by atoms with E-state index >= 15 is 0 Å². The van der Waals surface area contributed by atoms with Crippen molar-refractivity contribution in [2.45, 2.75) is 51.2 Å². The standard InChI is InChI=1S/C16H25BrN2/c1-13(6-5-11-18-15-9-10-15)19(2)12-14-7-3-4-8-16(14)17/h3-4,7-8,13,15,18H,5-6,9-12H2,1-2H3. The van der Waals surface area contributed by atoms with Crippen LogP contribution in [0, 0.1) is 0 Å². The van der Waals surface area contributed by atoms with Crippen LogP contribution in [0.5, 0.6) is 0 Å². The fourth-order valence-electron chi connectivity index (χ4n) is 2.26. The molecule has 0 bridgehead atoms. The van der Waals surface area contributed by atoms with Crippen LogP contribution >= 0.6 is 15.9 Å². The first-order valence-electron chi connectivity index (χ1n) is 7.34. The lowest BCUT2D eigenvalue weighted by atomic mass is 10.1. The van der Waals surface area contributed by atoms with Crippen molar-refractivity contribution < 1.29 is 0 Å². The van der Waals surface area contributed by atoms with Crippen molar-refractivity contribution >= 4 is 15.9 Å². The van der Waals surface area contributed by atoms with Crippen LogP contribution in [-0.4, -0.2) is 30.6 Å². The molecule has 0 spiro atoms. The molecule has 1 aromatic carbocycles. The van der Waals surface area contributed by atoms with Crippen LogP contribution in [0.1, 0.15) is 38.2 Å². The molecule has 0 aromatic heterocycles. The van der Waals surface area contributed by atoms with Crippen LogP contribution in [0.15, 0.2) is 28.7 Å². The molecule has 0 amide bonds. The van der Waals surface area contributed by atoms with Crippen LogP contribution in [0.4, 0.5) is 0 Å². The molecule has 0 heterocycles. The quantitative estimate of drug-likeness (QED) is 0.732. The maximum atomic E-state index is 3.62. The van der Waals surface area contributed by atoms with E-state index in [1.165, 1.54) is 42.3 Å². The van der Waals surface area contributed by atoms with E-state index in [0.717, 1.165) is 12.6 Å². The summed E-state index contributed by atoms with van der Waals surface area (Å²) in [6.45, 7) is 4.52. The zero-order valence-electron chi connectivity index (χ0n) is 12.0. The molecule has 1 saturated carbocycles. The van der Waals surface area contributed by atoms with Crippen LogP contribution in [-0.2, 0) is 6.54 Å². The third-order valence-corrected chi connectivity index (χ3v) is 4.71. The average molecular weight is 325 g/mol.